The topological polar surface area (TPSA) is 92.4 Å². The number of likely N-dealkylation sites (N-methyl/N-ethyl adjacent to an activating group) is 1. The molecule has 0 radical (unpaired) electrons. The van der Waals surface area contributed by atoms with E-state index in [2.05, 4.69) is 25.7 Å². The number of fused-ring (bicyclic) bond motifs is 1. The van der Waals surface area contributed by atoms with Gasteiger partial charge in [0.05, 0.1) is 25.3 Å². The predicted octanol–water partition coefficient (Wildman–Crippen LogP) is 5.54. The highest BCUT2D eigenvalue weighted by molar-refractivity contribution is 6.16. The van der Waals surface area contributed by atoms with E-state index >= 15 is 0 Å². The van der Waals surface area contributed by atoms with Gasteiger partial charge >= 0.3 is 0 Å². The number of Topliss-reactive ketones (excluding diaryl/α,β-unsaturated/α-hetero) is 1. The number of methoxy groups -OCH3 is 1. The van der Waals surface area contributed by atoms with Gasteiger partial charge in [0, 0.05) is 18.5 Å². The van der Waals surface area contributed by atoms with Gasteiger partial charge in [0.2, 0.25) is 5.78 Å². The molecular formula is C30H36N2O6. The van der Waals surface area contributed by atoms with Gasteiger partial charge < -0.3 is 28.8 Å². The fourth-order valence-electron chi connectivity index (χ4n) is 4.80. The maximum absolute atomic E-state index is 13.9. The molecule has 2 heterocycles. The molecular weight excluding hydrogens is 484 g/mol. The maximum Gasteiger partial charge on any atom is 0.290 e. The van der Waals surface area contributed by atoms with Gasteiger partial charge in [0.15, 0.2) is 22.9 Å². The van der Waals surface area contributed by atoms with Gasteiger partial charge in [-0.05, 0) is 49.3 Å². The standard InChI is InChI=1S/C30H36N2O6/c1-5-8-17-37-22-13-9-11-20(18-22)26-25(28(34)30(35)32(26)16-15-31(6-2)7-3)27(33)24-19-21-12-10-14-23(36-4)29(21)38-24/h9-14,18-19,26,34H,5-8,15-17H2,1-4H3. The summed E-state index contributed by atoms with van der Waals surface area (Å²) in [6, 6.07) is 13.6. The Morgan fingerprint density at radius 1 is 1.11 bits per heavy atom. The lowest BCUT2D eigenvalue weighted by atomic mass is 9.95. The molecule has 1 unspecified atom stereocenters. The summed E-state index contributed by atoms with van der Waals surface area (Å²) in [5.41, 5.74) is 1.12. The van der Waals surface area contributed by atoms with Crippen molar-refractivity contribution < 1.29 is 28.6 Å². The molecule has 1 amide bonds. The van der Waals surface area contributed by atoms with Crippen LogP contribution < -0.4 is 9.47 Å². The van der Waals surface area contributed by atoms with Gasteiger partial charge in [-0.3, -0.25) is 9.59 Å². The number of rotatable bonds is 13. The highest BCUT2D eigenvalue weighted by Crippen LogP contribution is 2.41. The number of amides is 1. The summed E-state index contributed by atoms with van der Waals surface area (Å²) in [5.74, 6) is -0.484. The molecule has 3 aromatic rings. The Balaban J connectivity index is 1.75. The zero-order chi connectivity index (χ0) is 27.2. The average molecular weight is 521 g/mol. The molecule has 38 heavy (non-hydrogen) atoms. The Morgan fingerprint density at radius 3 is 2.58 bits per heavy atom. The smallest absolute Gasteiger partial charge is 0.290 e. The second kappa shape index (κ2) is 12.2. The van der Waals surface area contributed by atoms with E-state index in [1.807, 2.05) is 36.4 Å². The fraction of sp³-hybridized carbons (Fsp3) is 0.400. The van der Waals surface area contributed by atoms with Crippen LogP contribution in [0.1, 0.15) is 55.8 Å². The lowest BCUT2D eigenvalue weighted by molar-refractivity contribution is -0.129. The van der Waals surface area contributed by atoms with Crippen molar-refractivity contribution in [3.8, 4) is 11.5 Å². The van der Waals surface area contributed by atoms with Gasteiger partial charge in [-0.15, -0.1) is 0 Å². The first-order chi connectivity index (χ1) is 18.4. The second-order valence-electron chi connectivity index (χ2n) is 9.28. The van der Waals surface area contributed by atoms with Crippen molar-refractivity contribution in [3.05, 3.63) is 71.2 Å². The number of ketones is 1. The number of aliphatic hydroxyl groups is 1. The van der Waals surface area contributed by atoms with E-state index in [0.29, 0.717) is 47.7 Å². The summed E-state index contributed by atoms with van der Waals surface area (Å²) in [4.78, 5) is 31.0. The van der Waals surface area contributed by atoms with E-state index in [4.69, 9.17) is 13.9 Å². The Labute approximate surface area is 223 Å². The van der Waals surface area contributed by atoms with Crippen LogP contribution in [-0.4, -0.2) is 66.5 Å². The molecule has 202 valence electrons. The Bertz CT molecular complexity index is 1320. The van der Waals surface area contributed by atoms with E-state index in [9.17, 15) is 14.7 Å². The Kier molecular flexibility index (Phi) is 8.73. The summed E-state index contributed by atoms with van der Waals surface area (Å²) in [7, 11) is 1.53. The number of carbonyl (C=O) groups is 2. The van der Waals surface area contributed by atoms with Gasteiger partial charge in [-0.25, -0.2) is 0 Å². The Hall–Kier alpha value is -3.78. The van der Waals surface area contributed by atoms with Crippen molar-refractivity contribution in [2.45, 2.75) is 39.7 Å². The number of aliphatic hydroxyl groups excluding tert-OH is 1. The molecule has 1 N–H and O–H groups in total. The molecule has 0 fully saturated rings. The predicted molar refractivity (Wildman–Crippen MR) is 146 cm³/mol. The third kappa shape index (κ3) is 5.41. The van der Waals surface area contributed by atoms with Gasteiger partial charge in [-0.2, -0.15) is 0 Å². The number of nitrogens with zero attached hydrogens (tertiary/aromatic N) is 2. The summed E-state index contributed by atoms with van der Waals surface area (Å²) < 4.78 is 17.2. The van der Waals surface area contributed by atoms with Crippen molar-refractivity contribution in [3.63, 3.8) is 0 Å². The Morgan fingerprint density at radius 2 is 1.87 bits per heavy atom. The zero-order valence-electron chi connectivity index (χ0n) is 22.5. The molecule has 2 aromatic carbocycles. The number of hydrogen-bond acceptors (Lipinski definition) is 7. The van der Waals surface area contributed by atoms with Crippen molar-refractivity contribution >= 4 is 22.7 Å². The maximum atomic E-state index is 13.9. The number of para-hydroxylation sites is 1. The van der Waals surface area contributed by atoms with Crippen molar-refractivity contribution in [1.82, 2.24) is 9.80 Å². The van der Waals surface area contributed by atoms with Crippen LogP contribution in [0.5, 0.6) is 11.5 Å². The van der Waals surface area contributed by atoms with Crippen LogP contribution >= 0.6 is 0 Å². The number of hydrogen-bond donors (Lipinski definition) is 1. The lowest BCUT2D eigenvalue weighted by Gasteiger charge is -2.29. The molecule has 1 aromatic heterocycles. The van der Waals surface area contributed by atoms with Crippen LogP contribution in [0.4, 0.5) is 0 Å². The van der Waals surface area contributed by atoms with Crippen LogP contribution in [0.2, 0.25) is 0 Å². The lowest BCUT2D eigenvalue weighted by Crippen LogP contribution is -2.38. The van der Waals surface area contributed by atoms with E-state index < -0.39 is 23.5 Å². The highest BCUT2D eigenvalue weighted by atomic mass is 16.5. The molecule has 8 heteroatoms. The van der Waals surface area contributed by atoms with E-state index in [1.165, 1.54) is 7.11 Å². The second-order valence-corrected chi connectivity index (χ2v) is 9.28. The van der Waals surface area contributed by atoms with E-state index in [1.54, 1.807) is 17.0 Å². The van der Waals surface area contributed by atoms with E-state index in [0.717, 1.165) is 25.9 Å². The quantitative estimate of drug-likeness (QED) is 0.234. The van der Waals surface area contributed by atoms with Crippen molar-refractivity contribution in [2.75, 3.05) is 39.9 Å². The molecule has 1 aliphatic rings. The van der Waals surface area contributed by atoms with Gasteiger partial charge in [0.25, 0.3) is 5.91 Å². The van der Waals surface area contributed by atoms with Crippen molar-refractivity contribution in [1.29, 1.82) is 0 Å². The molecule has 0 spiro atoms. The van der Waals surface area contributed by atoms with Crippen LogP contribution in [0.25, 0.3) is 11.0 Å². The normalized spacial score (nSPS) is 15.7. The van der Waals surface area contributed by atoms with Crippen LogP contribution in [0.3, 0.4) is 0 Å². The van der Waals surface area contributed by atoms with Crippen LogP contribution in [-0.2, 0) is 4.79 Å². The first-order valence-electron chi connectivity index (χ1n) is 13.2. The molecule has 4 rings (SSSR count). The third-order valence-corrected chi connectivity index (χ3v) is 6.99. The minimum atomic E-state index is -0.782. The first-order valence-corrected chi connectivity index (χ1v) is 13.2. The number of benzene rings is 2. The minimum Gasteiger partial charge on any atom is -0.503 e. The first kappa shape index (κ1) is 27.3. The van der Waals surface area contributed by atoms with Crippen LogP contribution in [0, 0.1) is 0 Å². The molecule has 0 saturated heterocycles. The van der Waals surface area contributed by atoms with Gasteiger partial charge in [0.1, 0.15) is 5.75 Å². The molecule has 0 aliphatic carbocycles. The fourth-order valence-corrected chi connectivity index (χ4v) is 4.80. The van der Waals surface area contributed by atoms with E-state index in [-0.39, 0.29) is 11.3 Å². The summed E-state index contributed by atoms with van der Waals surface area (Å²) in [5, 5.41) is 11.7. The molecule has 0 saturated carbocycles. The zero-order valence-corrected chi connectivity index (χ0v) is 22.5. The molecule has 8 nitrogen and oxygen atoms in total. The number of furan rings is 1. The minimum absolute atomic E-state index is 0.00159. The summed E-state index contributed by atoms with van der Waals surface area (Å²) in [6.45, 7) is 9.40. The SMILES string of the molecule is CCCCOc1cccc(C2C(C(=O)c3cc4cccc(OC)c4o3)=C(O)C(=O)N2CCN(CC)CC)c1. The molecule has 1 aliphatic heterocycles. The van der Waals surface area contributed by atoms with Crippen LogP contribution in [0.15, 0.2) is 64.3 Å². The number of carbonyl (C=O) groups excluding carboxylic acids is 2. The largest absolute Gasteiger partial charge is 0.503 e. The summed E-state index contributed by atoms with van der Waals surface area (Å²) in [6.07, 6.45) is 1.93. The molecule has 0 bridgehead atoms. The van der Waals surface area contributed by atoms with Crippen molar-refractivity contribution in [2.24, 2.45) is 0 Å². The van der Waals surface area contributed by atoms with Gasteiger partial charge in [-0.1, -0.05) is 51.5 Å². The highest BCUT2D eigenvalue weighted by Gasteiger charge is 2.44. The molecule has 1 atom stereocenters. The third-order valence-electron chi connectivity index (χ3n) is 6.99. The number of ether oxygens (including phenoxy) is 2. The monoisotopic (exact) mass is 520 g/mol. The average Bonchev–Trinajstić information content (AvgIpc) is 3.48. The summed E-state index contributed by atoms with van der Waals surface area (Å²) >= 11 is 0. The number of unbranched alkanes of at least 4 members (excludes halogenated alkanes) is 1.